The average molecular weight is 332 g/mol. The van der Waals surface area contributed by atoms with Gasteiger partial charge in [0.2, 0.25) is 0 Å². The molecule has 1 atom stereocenters. The minimum Gasteiger partial charge on any atom is -0.506 e. The number of phenols is 1. The number of aromatic amines is 1. The Morgan fingerprint density at radius 2 is 1.92 bits per heavy atom. The molecule has 1 aliphatic rings. The van der Waals surface area contributed by atoms with Crippen LogP contribution in [0.1, 0.15) is 30.4 Å². The molecule has 128 valence electrons. The number of hydrogen-bond acceptors (Lipinski definition) is 2. The lowest BCUT2D eigenvalue weighted by Gasteiger charge is -2.24. The third-order valence-electron chi connectivity index (χ3n) is 5.16. The van der Waals surface area contributed by atoms with Crippen molar-refractivity contribution in [3.8, 4) is 5.75 Å². The molecule has 4 rings (SSSR count). The highest BCUT2D eigenvalue weighted by Crippen LogP contribution is 2.28. The quantitative estimate of drug-likeness (QED) is 0.637. The van der Waals surface area contributed by atoms with Gasteiger partial charge in [0.25, 0.3) is 0 Å². The van der Waals surface area contributed by atoms with Crippen LogP contribution in [-0.2, 0) is 6.42 Å². The molecule has 0 spiro atoms. The summed E-state index contributed by atoms with van der Waals surface area (Å²) in [5.41, 5.74) is 4.97. The number of aromatic nitrogens is 1. The molecule has 0 fully saturated rings. The Hall–Kier alpha value is -2.52. The Kier molecular flexibility index (Phi) is 4.57. The van der Waals surface area contributed by atoms with Crippen LogP contribution in [0.3, 0.4) is 0 Å². The number of fused-ring (bicyclic) bond motifs is 1. The molecule has 1 aromatic heterocycles. The third-order valence-corrected chi connectivity index (χ3v) is 5.16. The van der Waals surface area contributed by atoms with E-state index in [9.17, 15) is 5.11 Å². The number of phenolic OH excluding ortho intramolecular Hbond substituents is 1. The minimum atomic E-state index is 0.329. The van der Waals surface area contributed by atoms with Gasteiger partial charge < -0.3 is 15.4 Å². The summed E-state index contributed by atoms with van der Waals surface area (Å²) >= 11 is 0. The fourth-order valence-electron chi connectivity index (χ4n) is 3.82. The summed E-state index contributed by atoms with van der Waals surface area (Å²) in [5.74, 6) is 0.329. The second-order valence-electron chi connectivity index (χ2n) is 6.81. The fourth-order valence-corrected chi connectivity index (χ4v) is 3.82. The molecule has 1 unspecified atom stereocenters. The van der Waals surface area contributed by atoms with Crippen LogP contribution in [0.2, 0.25) is 0 Å². The van der Waals surface area contributed by atoms with E-state index in [-0.39, 0.29) is 0 Å². The van der Waals surface area contributed by atoms with E-state index >= 15 is 0 Å². The van der Waals surface area contributed by atoms with E-state index in [0.29, 0.717) is 11.8 Å². The highest BCUT2D eigenvalue weighted by Gasteiger charge is 2.16. The number of aromatic hydroxyl groups is 1. The first-order valence-electron chi connectivity index (χ1n) is 9.07. The zero-order chi connectivity index (χ0) is 17.1. The van der Waals surface area contributed by atoms with Crippen molar-refractivity contribution in [3.05, 3.63) is 71.9 Å². The van der Waals surface area contributed by atoms with Crippen molar-refractivity contribution in [2.75, 3.05) is 6.54 Å². The summed E-state index contributed by atoms with van der Waals surface area (Å²) in [7, 11) is 0. The van der Waals surface area contributed by atoms with Crippen molar-refractivity contribution in [2.24, 2.45) is 0 Å². The molecule has 0 radical (unpaired) electrons. The number of aryl methyl sites for hydroxylation is 1. The van der Waals surface area contributed by atoms with Gasteiger partial charge >= 0.3 is 0 Å². The summed E-state index contributed by atoms with van der Waals surface area (Å²) in [6.07, 6.45) is 8.65. The summed E-state index contributed by atoms with van der Waals surface area (Å²) in [6, 6.07) is 17.1. The highest BCUT2D eigenvalue weighted by atomic mass is 16.3. The molecule has 0 bridgehead atoms. The van der Waals surface area contributed by atoms with Gasteiger partial charge in [0.15, 0.2) is 0 Å². The normalized spacial score (nSPS) is 17.6. The van der Waals surface area contributed by atoms with Crippen molar-refractivity contribution in [2.45, 2.75) is 31.7 Å². The summed E-state index contributed by atoms with van der Waals surface area (Å²) in [5, 5.41) is 14.7. The molecule has 1 aliphatic heterocycles. The summed E-state index contributed by atoms with van der Waals surface area (Å²) in [6.45, 7) is 0.955. The maximum atomic E-state index is 9.90. The molecule has 3 N–H and O–H groups in total. The zero-order valence-electron chi connectivity index (χ0n) is 14.3. The van der Waals surface area contributed by atoms with Gasteiger partial charge in [0.05, 0.1) is 5.52 Å². The maximum Gasteiger partial charge on any atom is 0.139 e. The molecule has 3 heteroatoms. The second-order valence-corrected chi connectivity index (χ2v) is 6.81. The number of nitrogens with one attached hydrogen (secondary N) is 2. The predicted molar refractivity (Wildman–Crippen MR) is 104 cm³/mol. The van der Waals surface area contributed by atoms with Gasteiger partial charge in [-0.05, 0) is 54.5 Å². The Morgan fingerprint density at radius 3 is 2.80 bits per heavy atom. The number of H-pyrrole nitrogens is 1. The smallest absolute Gasteiger partial charge is 0.139 e. The molecule has 3 nitrogen and oxygen atoms in total. The average Bonchev–Trinajstić information content (AvgIpc) is 3.16. The Labute approximate surface area is 148 Å². The first kappa shape index (κ1) is 16.0. The number of benzene rings is 2. The molecule has 0 saturated carbocycles. The van der Waals surface area contributed by atoms with Crippen molar-refractivity contribution < 1.29 is 5.11 Å². The molecule has 2 aromatic carbocycles. The first-order valence-corrected chi connectivity index (χ1v) is 9.07. The van der Waals surface area contributed by atoms with Crippen LogP contribution >= 0.6 is 0 Å². The molecular weight excluding hydrogens is 308 g/mol. The van der Waals surface area contributed by atoms with E-state index in [1.807, 2.05) is 6.20 Å². The molecular formula is C22H24N2O. The van der Waals surface area contributed by atoms with Gasteiger partial charge in [-0.1, -0.05) is 42.5 Å². The molecule has 2 heterocycles. The lowest BCUT2D eigenvalue weighted by Crippen LogP contribution is -2.32. The third kappa shape index (κ3) is 3.47. The van der Waals surface area contributed by atoms with E-state index in [2.05, 4.69) is 58.8 Å². The van der Waals surface area contributed by atoms with Gasteiger partial charge in [-0.15, -0.1) is 0 Å². The molecule has 0 aliphatic carbocycles. The Bertz CT molecular complexity index is 879. The van der Waals surface area contributed by atoms with Gasteiger partial charge in [-0.25, -0.2) is 0 Å². The first-order chi connectivity index (χ1) is 12.3. The molecule has 0 saturated heterocycles. The Morgan fingerprint density at radius 1 is 1.04 bits per heavy atom. The van der Waals surface area contributed by atoms with Crippen LogP contribution in [-0.4, -0.2) is 22.7 Å². The maximum absolute atomic E-state index is 9.90. The Balaban J connectivity index is 1.37. The standard InChI is InChI=1S/C22H24N2O/c25-21-10-9-17(20-12-14-24-22(20)21)7-4-8-19-15-18(11-13-23-19)16-5-2-1-3-6-16/h1-3,5-6,9-12,14,19,23-25H,4,7-8,13,15H2. The molecule has 3 aromatic rings. The van der Waals surface area contributed by atoms with Crippen LogP contribution in [0.15, 0.2) is 60.8 Å². The molecule has 25 heavy (non-hydrogen) atoms. The number of hydrogen-bond donors (Lipinski definition) is 3. The lowest BCUT2D eigenvalue weighted by atomic mass is 9.92. The summed E-state index contributed by atoms with van der Waals surface area (Å²) < 4.78 is 0. The van der Waals surface area contributed by atoms with E-state index < -0.39 is 0 Å². The van der Waals surface area contributed by atoms with E-state index in [1.54, 1.807) is 6.07 Å². The minimum absolute atomic E-state index is 0.329. The van der Waals surface area contributed by atoms with Gasteiger partial charge in [-0.3, -0.25) is 0 Å². The van der Waals surface area contributed by atoms with Gasteiger partial charge in [0.1, 0.15) is 5.75 Å². The van der Waals surface area contributed by atoms with Crippen LogP contribution in [0.25, 0.3) is 16.5 Å². The van der Waals surface area contributed by atoms with Crippen LogP contribution in [0.5, 0.6) is 5.75 Å². The van der Waals surface area contributed by atoms with Crippen molar-refractivity contribution in [3.63, 3.8) is 0 Å². The predicted octanol–water partition coefficient (Wildman–Crippen LogP) is 4.64. The van der Waals surface area contributed by atoms with E-state index in [4.69, 9.17) is 0 Å². The van der Waals surface area contributed by atoms with Crippen LogP contribution in [0.4, 0.5) is 0 Å². The van der Waals surface area contributed by atoms with E-state index in [0.717, 1.165) is 43.1 Å². The SMILES string of the molecule is Oc1ccc(CCCC2CC(c3ccccc3)=CCN2)c2cc[nH]c12. The van der Waals surface area contributed by atoms with Crippen LogP contribution < -0.4 is 5.32 Å². The topological polar surface area (TPSA) is 48.0 Å². The van der Waals surface area contributed by atoms with Crippen LogP contribution in [0, 0.1) is 0 Å². The highest BCUT2D eigenvalue weighted by molar-refractivity contribution is 5.88. The second kappa shape index (κ2) is 7.16. The fraction of sp³-hybridized carbons (Fsp3) is 0.273. The van der Waals surface area contributed by atoms with Crippen molar-refractivity contribution in [1.82, 2.24) is 10.3 Å². The summed E-state index contributed by atoms with van der Waals surface area (Å²) in [4.78, 5) is 3.12. The monoisotopic (exact) mass is 332 g/mol. The largest absolute Gasteiger partial charge is 0.506 e. The van der Waals surface area contributed by atoms with Gasteiger partial charge in [-0.2, -0.15) is 0 Å². The molecule has 0 amide bonds. The lowest BCUT2D eigenvalue weighted by molar-refractivity contribution is 0.479. The van der Waals surface area contributed by atoms with Crippen molar-refractivity contribution in [1.29, 1.82) is 0 Å². The van der Waals surface area contributed by atoms with Gasteiger partial charge in [0, 0.05) is 24.2 Å². The van der Waals surface area contributed by atoms with E-state index in [1.165, 1.54) is 16.7 Å². The number of rotatable bonds is 5. The zero-order valence-corrected chi connectivity index (χ0v) is 14.3. The van der Waals surface area contributed by atoms with Crippen molar-refractivity contribution >= 4 is 16.5 Å².